The highest BCUT2D eigenvalue weighted by Crippen LogP contribution is 2.34. The molecule has 5 rings (SSSR count). The number of benzene rings is 3. The predicted molar refractivity (Wildman–Crippen MR) is 130 cm³/mol. The van der Waals surface area contributed by atoms with Crippen LogP contribution < -0.4 is 0 Å². The van der Waals surface area contributed by atoms with E-state index in [9.17, 15) is 0 Å². The minimum absolute atomic E-state index is 0.647. The summed E-state index contributed by atoms with van der Waals surface area (Å²) >= 11 is 0. The van der Waals surface area contributed by atoms with Gasteiger partial charge < -0.3 is 4.57 Å². The van der Waals surface area contributed by atoms with E-state index in [1.54, 1.807) is 0 Å². The monoisotopic (exact) mass is 389 g/mol. The molecule has 1 aliphatic rings. The molecule has 1 aliphatic carbocycles. The van der Waals surface area contributed by atoms with E-state index in [1.807, 2.05) is 0 Å². The molecule has 148 valence electrons. The van der Waals surface area contributed by atoms with Gasteiger partial charge in [-0.1, -0.05) is 79.8 Å². The molecule has 0 spiro atoms. The molecular weight excluding hydrogens is 362 g/mol. The summed E-state index contributed by atoms with van der Waals surface area (Å²) in [5.74, 6) is 0.647. The molecule has 0 saturated heterocycles. The van der Waals surface area contributed by atoms with Crippen LogP contribution in [0.5, 0.6) is 0 Å². The first-order chi connectivity index (χ1) is 14.8. The number of allylic oxidation sites excluding steroid dienone is 6. The van der Waals surface area contributed by atoms with Crippen LogP contribution in [0, 0.1) is 5.92 Å². The second-order valence-electron chi connectivity index (χ2n) is 8.05. The minimum atomic E-state index is 0.647. The molecule has 0 radical (unpaired) electrons. The van der Waals surface area contributed by atoms with Crippen LogP contribution in [0.4, 0.5) is 0 Å². The number of para-hydroxylation sites is 2. The maximum Gasteiger partial charge on any atom is 0.0541 e. The fourth-order valence-corrected chi connectivity index (χ4v) is 4.54. The standard InChI is InChI=1S/C29H27N/c1-2-10-23(18-17-22-11-6-7-12-22)24-19-20-29-27(21-24)26-15-8-9-16-28(26)30(29)25-13-4-3-5-14-25/h3-10,13-22H,2,11-12H2,1H3/b18-17-,23-10+. The van der Waals surface area contributed by atoms with Crippen molar-refractivity contribution in [3.63, 3.8) is 0 Å². The third-order valence-electron chi connectivity index (χ3n) is 6.04. The van der Waals surface area contributed by atoms with Crippen molar-refractivity contribution in [1.82, 2.24) is 4.57 Å². The molecular formula is C29H27N. The number of rotatable bonds is 5. The SMILES string of the molecule is CC/C=C(\C=C/C1CC=CC1)c1ccc2c(c1)c1ccccc1n2-c1ccccc1. The van der Waals surface area contributed by atoms with Gasteiger partial charge in [0.1, 0.15) is 0 Å². The van der Waals surface area contributed by atoms with Crippen molar-refractivity contribution in [3.8, 4) is 5.69 Å². The van der Waals surface area contributed by atoms with E-state index in [1.165, 1.54) is 51.5 Å². The van der Waals surface area contributed by atoms with Crippen LogP contribution in [0.15, 0.2) is 103 Å². The van der Waals surface area contributed by atoms with Gasteiger partial charge in [0.25, 0.3) is 0 Å². The van der Waals surface area contributed by atoms with Crippen molar-refractivity contribution in [2.75, 3.05) is 0 Å². The van der Waals surface area contributed by atoms with E-state index in [4.69, 9.17) is 0 Å². The fourth-order valence-electron chi connectivity index (χ4n) is 4.54. The molecule has 0 bridgehead atoms. The van der Waals surface area contributed by atoms with Crippen molar-refractivity contribution in [1.29, 1.82) is 0 Å². The highest BCUT2D eigenvalue weighted by molar-refractivity contribution is 6.10. The topological polar surface area (TPSA) is 4.93 Å². The molecule has 0 N–H and O–H groups in total. The second-order valence-corrected chi connectivity index (χ2v) is 8.05. The molecule has 3 aromatic carbocycles. The summed E-state index contributed by atoms with van der Waals surface area (Å²) in [6.07, 6.45) is 15.0. The molecule has 0 atom stereocenters. The summed E-state index contributed by atoms with van der Waals surface area (Å²) in [7, 11) is 0. The first-order valence-corrected chi connectivity index (χ1v) is 11.0. The van der Waals surface area contributed by atoms with Gasteiger partial charge in [-0.15, -0.1) is 0 Å². The van der Waals surface area contributed by atoms with Gasteiger partial charge in [0.15, 0.2) is 0 Å². The van der Waals surface area contributed by atoms with Crippen LogP contribution >= 0.6 is 0 Å². The lowest BCUT2D eigenvalue weighted by Gasteiger charge is -2.09. The lowest BCUT2D eigenvalue weighted by molar-refractivity contribution is 0.717. The molecule has 1 heterocycles. The molecule has 4 aromatic rings. The second kappa shape index (κ2) is 8.20. The summed E-state index contributed by atoms with van der Waals surface area (Å²) in [5.41, 5.74) is 6.33. The van der Waals surface area contributed by atoms with Gasteiger partial charge in [-0.3, -0.25) is 0 Å². The third-order valence-corrected chi connectivity index (χ3v) is 6.04. The Hall–Kier alpha value is -3.32. The molecule has 0 saturated carbocycles. The number of nitrogens with zero attached hydrogens (tertiary/aromatic N) is 1. The molecule has 1 heteroatoms. The van der Waals surface area contributed by atoms with Crippen LogP contribution in [0.1, 0.15) is 31.7 Å². The zero-order valence-electron chi connectivity index (χ0n) is 17.5. The largest absolute Gasteiger partial charge is 0.309 e. The van der Waals surface area contributed by atoms with Gasteiger partial charge in [-0.05, 0) is 66.6 Å². The number of hydrogen-bond acceptors (Lipinski definition) is 0. The zero-order chi connectivity index (χ0) is 20.3. The Kier molecular flexibility index (Phi) is 5.11. The molecule has 0 fully saturated rings. The predicted octanol–water partition coefficient (Wildman–Crippen LogP) is 8.10. The summed E-state index contributed by atoms with van der Waals surface area (Å²) in [5, 5.41) is 2.61. The van der Waals surface area contributed by atoms with Crippen molar-refractivity contribution < 1.29 is 0 Å². The van der Waals surface area contributed by atoms with Gasteiger partial charge in [-0.2, -0.15) is 0 Å². The lowest BCUT2D eigenvalue weighted by atomic mass is 9.99. The molecule has 1 aromatic heterocycles. The van der Waals surface area contributed by atoms with Gasteiger partial charge in [0.2, 0.25) is 0 Å². The Bertz CT molecular complexity index is 1260. The smallest absolute Gasteiger partial charge is 0.0541 e. The molecule has 0 unspecified atom stereocenters. The van der Waals surface area contributed by atoms with Crippen molar-refractivity contribution in [2.45, 2.75) is 26.2 Å². The minimum Gasteiger partial charge on any atom is -0.309 e. The Labute approximate surface area is 178 Å². The molecule has 1 nitrogen and oxygen atoms in total. The van der Waals surface area contributed by atoms with Crippen LogP contribution in [-0.4, -0.2) is 4.57 Å². The summed E-state index contributed by atoms with van der Waals surface area (Å²) in [6, 6.07) is 26.3. The molecule has 30 heavy (non-hydrogen) atoms. The first-order valence-electron chi connectivity index (χ1n) is 11.0. The Morgan fingerprint density at radius 2 is 1.60 bits per heavy atom. The van der Waals surface area contributed by atoms with Crippen LogP contribution in [0.25, 0.3) is 33.1 Å². The third kappa shape index (κ3) is 3.41. The Morgan fingerprint density at radius 3 is 2.40 bits per heavy atom. The quantitative estimate of drug-likeness (QED) is 0.240. The number of fused-ring (bicyclic) bond motifs is 3. The Balaban J connectivity index is 1.65. The van der Waals surface area contributed by atoms with Crippen LogP contribution in [0.3, 0.4) is 0 Å². The number of aromatic nitrogens is 1. The van der Waals surface area contributed by atoms with Gasteiger partial charge in [0.05, 0.1) is 11.0 Å². The summed E-state index contributed by atoms with van der Waals surface area (Å²) in [4.78, 5) is 0. The fraction of sp³-hybridized carbons (Fsp3) is 0.172. The zero-order valence-corrected chi connectivity index (χ0v) is 17.5. The van der Waals surface area contributed by atoms with E-state index < -0.39 is 0 Å². The average molecular weight is 390 g/mol. The van der Waals surface area contributed by atoms with E-state index >= 15 is 0 Å². The Morgan fingerprint density at radius 1 is 0.867 bits per heavy atom. The summed E-state index contributed by atoms with van der Waals surface area (Å²) < 4.78 is 2.37. The highest BCUT2D eigenvalue weighted by Gasteiger charge is 2.13. The van der Waals surface area contributed by atoms with Crippen molar-refractivity contribution >= 4 is 27.4 Å². The van der Waals surface area contributed by atoms with Crippen molar-refractivity contribution in [3.05, 3.63) is 109 Å². The van der Waals surface area contributed by atoms with E-state index in [-0.39, 0.29) is 0 Å². The normalized spacial score (nSPS) is 15.2. The van der Waals surface area contributed by atoms with Crippen LogP contribution in [-0.2, 0) is 0 Å². The van der Waals surface area contributed by atoms with E-state index in [0.29, 0.717) is 5.92 Å². The molecule has 0 amide bonds. The average Bonchev–Trinajstić information content (AvgIpc) is 3.43. The first kappa shape index (κ1) is 18.7. The van der Waals surface area contributed by atoms with Gasteiger partial charge in [0, 0.05) is 16.5 Å². The highest BCUT2D eigenvalue weighted by atomic mass is 15.0. The maximum absolute atomic E-state index is 2.39. The number of hydrogen-bond donors (Lipinski definition) is 0. The van der Waals surface area contributed by atoms with E-state index in [0.717, 1.165) is 6.42 Å². The van der Waals surface area contributed by atoms with Crippen molar-refractivity contribution in [2.24, 2.45) is 5.92 Å². The summed E-state index contributed by atoms with van der Waals surface area (Å²) in [6.45, 7) is 2.21. The van der Waals surface area contributed by atoms with E-state index in [2.05, 4.69) is 115 Å². The van der Waals surface area contributed by atoms with Gasteiger partial charge in [-0.25, -0.2) is 0 Å². The van der Waals surface area contributed by atoms with Crippen LogP contribution in [0.2, 0.25) is 0 Å². The van der Waals surface area contributed by atoms with Gasteiger partial charge >= 0.3 is 0 Å². The molecule has 0 aliphatic heterocycles. The maximum atomic E-state index is 2.39. The lowest BCUT2D eigenvalue weighted by Crippen LogP contribution is -1.93.